The molecule has 3 aliphatic rings. The Morgan fingerprint density at radius 1 is 0.847 bits per heavy atom. The molecule has 0 bridgehead atoms. The van der Waals surface area contributed by atoms with Gasteiger partial charge in [0.15, 0.2) is 18.7 Å². The highest BCUT2D eigenvalue weighted by Gasteiger charge is 2.54. The van der Waals surface area contributed by atoms with Crippen molar-refractivity contribution in [2.75, 3.05) is 54.5 Å². The van der Waals surface area contributed by atoms with E-state index in [1.165, 1.54) is 21.1 Å². The van der Waals surface area contributed by atoms with Crippen molar-refractivity contribution in [3.8, 4) is 0 Å². The molecule has 0 aromatic heterocycles. The highest BCUT2D eigenvalue weighted by molar-refractivity contribution is 5.78. The standard InChI is InChI=1S/C46H86N4O14.2C2H4O2/c1-17-33-46(12,56)37(52)30(8)48-40(53)26(4)24-44(10,57-15)38(63-42-35(51)32(49(13)14)23-27(5)59-42)28(6)36(29(7)41(54)61-33)62-34-25-45(11,58-16)39(31(9)60-34)64-43(55)47-21-20-22-50(18-2)19-3;2*1-2(3)4/h26-39,42,51-52,56H,17-25H2,1-16H3,(H,47,55)(H,48,53);2*1H3,(H,3,4)/t26-,27-,28+,29-,30-,31+,32+,33-,34+,35-,36+,37-,38-,39+,42+,44-,45-,46-;;/m1../s1. The summed E-state index contributed by atoms with van der Waals surface area (Å²) < 4.78 is 51.0. The van der Waals surface area contributed by atoms with Crippen molar-refractivity contribution in [1.29, 1.82) is 0 Å². The maximum Gasteiger partial charge on any atom is 0.407 e. The molecule has 3 heterocycles. The van der Waals surface area contributed by atoms with Crippen molar-refractivity contribution in [3.63, 3.8) is 0 Å². The van der Waals surface area contributed by atoms with E-state index in [0.29, 0.717) is 13.0 Å². The zero-order valence-corrected chi connectivity index (χ0v) is 46.5. The molecule has 18 atom stereocenters. The number of carbonyl (C=O) groups excluding carboxylic acids is 3. The number of aliphatic hydroxyl groups is 3. The molecule has 22 heteroatoms. The molecule has 3 rings (SSSR count). The second-order valence-electron chi connectivity index (χ2n) is 20.5. The van der Waals surface area contributed by atoms with Crippen molar-refractivity contribution in [1.82, 2.24) is 20.4 Å². The first-order valence-corrected chi connectivity index (χ1v) is 25.3. The number of hydrogen-bond acceptors (Lipinski definition) is 18. The molecule has 0 aliphatic carbocycles. The predicted molar refractivity (Wildman–Crippen MR) is 266 cm³/mol. The van der Waals surface area contributed by atoms with Gasteiger partial charge in [0, 0.05) is 58.9 Å². The van der Waals surface area contributed by atoms with Gasteiger partial charge in [-0.1, -0.05) is 34.6 Å². The van der Waals surface area contributed by atoms with E-state index in [2.05, 4.69) is 29.4 Å². The first-order valence-electron chi connectivity index (χ1n) is 25.3. The number of carboxylic acid groups (broad SMARTS) is 2. The van der Waals surface area contributed by atoms with Gasteiger partial charge in [0.05, 0.1) is 42.0 Å². The number of esters is 1. The quantitative estimate of drug-likeness (QED) is 0.0914. The number of nitrogens with one attached hydrogen (secondary N) is 2. The van der Waals surface area contributed by atoms with E-state index in [1.807, 2.05) is 39.8 Å². The monoisotopic (exact) mass is 1040 g/mol. The Hall–Kier alpha value is -3.29. The van der Waals surface area contributed by atoms with E-state index in [1.54, 1.807) is 41.5 Å². The van der Waals surface area contributed by atoms with E-state index >= 15 is 0 Å². The number of cyclic esters (lactones) is 1. The van der Waals surface area contributed by atoms with Crippen LogP contribution in [0.25, 0.3) is 0 Å². The summed E-state index contributed by atoms with van der Waals surface area (Å²) in [5, 5.41) is 55.5. The molecule has 3 saturated heterocycles. The molecule has 0 saturated carbocycles. The van der Waals surface area contributed by atoms with Crippen LogP contribution in [0.4, 0.5) is 4.79 Å². The summed E-state index contributed by atoms with van der Waals surface area (Å²) in [4.78, 5) is 63.7. The summed E-state index contributed by atoms with van der Waals surface area (Å²) in [5.74, 6) is -5.40. The average molecular weight is 1040 g/mol. The van der Waals surface area contributed by atoms with Gasteiger partial charge in [-0.15, -0.1) is 0 Å². The fraction of sp³-hybridized carbons (Fsp3) is 0.900. The smallest absolute Gasteiger partial charge is 0.407 e. The molecule has 0 aromatic rings. The molecule has 0 radical (unpaired) electrons. The summed E-state index contributed by atoms with van der Waals surface area (Å²) in [6.45, 7) is 26.6. The Labute approximate surface area is 428 Å². The lowest BCUT2D eigenvalue weighted by atomic mass is 9.77. The summed E-state index contributed by atoms with van der Waals surface area (Å²) >= 11 is 0. The van der Waals surface area contributed by atoms with E-state index in [-0.39, 0.29) is 31.4 Å². The molecule has 22 nitrogen and oxygen atoms in total. The zero-order chi connectivity index (χ0) is 55.6. The second-order valence-corrected chi connectivity index (χ2v) is 20.5. The highest BCUT2D eigenvalue weighted by atomic mass is 16.7. The lowest BCUT2D eigenvalue weighted by Gasteiger charge is -2.49. The van der Waals surface area contributed by atoms with Crippen LogP contribution in [0.1, 0.15) is 129 Å². The highest BCUT2D eigenvalue weighted by Crippen LogP contribution is 2.41. The molecule has 72 heavy (non-hydrogen) atoms. The van der Waals surface area contributed by atoms with Crippen LogP contribution < -0.4 is 10.6 Å². The number of aliphatic hydroxyl groups excluding tert-OH is 2. The van der Waals surface area contributed by atoms with E-state index in [4.69, 9.17) is 57.7 Å². The number of methoxy groups -OCH3 is 2. The van der Waals surface area contributed by atoms with E-state index < -0.39 is 126 Å². The first kappa shape index (κ1) is 66.7. The number of ether oxygens (including phenoxy) is 8. The number of amides is 2. The summed E-state index contributed by atoms with van der Waals surface area (Å²) in [5.41, 5.74) is -4.38. The van der Waals surface area contributed by atoms with Crippen molar-refractivity contribution in [2.45, 2.75) is 219 Å². The topological polar surface area (TPSA) is 291 Å². The second kappa shape index (κ2) is 30.3. The number of nitrogens with zero attached hydrogens (tertiary/aromatic N) is 2. The molecule has 7 N–H and O–H groups in total. The van der Waals surface area contributed by atoms with Crippen molar-refractivity contribution < 1.29 is 87.4 Å². The van der Waals surface area contributed by atoms with Crippen LogP contribution >= 0.6 is 0 Å². The summed E-state index contributed by atoms with van der Waals surface area (Å²) in [6.07, 6.45) is -8.96. The molecular formula is C50H94N4O18. The third-order valence-corrected chi connectivity index (χ3v) is 14.2. The van der Waals surface area contributed by atoms with Crippen LogP contribution in [0.15, 0.2) is 0 Å². The molecule has 3 fully saturated rings. The van der Waals surface area contributed by atoms with Crippen LogP contribution in [0.3, 0.4) is 0 Å². The van der Waals surface area contributed by atoms with Gasteiger partial charge in [-0.05, 0) is 108 Å². The number of rotatable bonds is 15. The SMILES string of the molecule is CC(=O)O.CC(=O)O.CC[C@H]1OC(=O)[C@H](C)[C@@H](O[C@H]2C[C@@](C)(OC)[C@@H](OC(=O)NCCCN(CC)CC)[C@H](C)O2)[C@H](C)[C@@H](O[C@@H]2O[C@H](C)C[C@H](N(C)C)[C@H]2O)[C@](C)(OC)C[C@@H](C)C(=O)N[C@H](C)[C@@H](O)[C@]1(C)O. The van der Waals surface area contributed by atoms with Crippen LogP contribution in [0.5, 0.6) is 0 Å². The zero-order valence-electron chi connectivity index (χ0n) is 46.5. The molecule has 422 valence electrons. The molecule has 0 aromatic carbocycles. The van der Waals surface area contributed by atoms with Gasteiger partial charge in [-0.25, -0.2) is 4.79 Å². The first-order chi connectivity index (χ1) is 33.3. The average Bonchev–Trinajstić information content (AvgIpc) is 3.29. The van der Waals surface area contributed by atoms with Gasteiger partial charge in [-0.2, -0.15) is 0 Å². The fourth-order valence-electron chi connectivity index (χ4n) is 9.82. The minimum atomic E-state index is -1.97. The molecular weight excluding hydrogens is 945 g/mol. The Balaban J connectivity index is 0.00000300. The van der Waals surface area contributed by atoms with Gasteiger partial charge in [0.1, 0.15) is 29.5 Å². The van der Waals surface area contributed by atoms with Crippen LogP contribution in [-0.4, -0.2) is 210 Å². The van der Waals surface area contributed by atoms with Crippen molar-refractivity contribution in [2.24, 2.45) is 17.8 Å². The molecule has 3 aliphatic heterocycles. The Kier molecular flexibility index (Phi) is 28.1. The number of aliphatic carboxylic acids is 2. The van der Waals surface area contributed by atoms with E-state index in [9.17, 15) is 29.7 Å². The van der Waals surface area contributed by atoms with Crippen LogP contribution in [0.2, 0.25) is 0 Å². The Morgan fingerprint density at radius 2 is 1.39 bits per heavy atom. The van der Waals surface area contributed by atoms with Gasteiger partial charge in [0.2, 0.25) is 5.91 Å². The number of alkyl carbamates (subject to hydrolysis) is 1. The van der Waals surface area contributed by atoms with Crippen LogP contribution in [0, 0.1) is 17.8 Å². The molecule has 2 amide bonds. The number of carbonyl (C=O) groups is 5. The maximum atomic E-state index is 14.5. The largest absolute Gasteiger partial charge is 0.481 e. The number of likely N-dealkylation sites (N-methyl/N-ethyl adjacent to an activating group) is 1. The molecule has 0 unspecified atom stereocenters. The minimum absolute atomic E-state index is 0.0753. The number of carboxylic acids is 2. The molecule has 0 spiro atoms. The summed E-state index contributed by atoms with van der Waals surface area (Å²) in [6, 6.07) is -1.26. The fourth-order valence-corrected chi connectivity index (χ4v) is 9.82. The minimum Gasteiger partial charge on any atom is -0.481 e. The van der Waals surface area contributed by atoms with Crippen molar-refractivity contribution in [3.05, 3.63) is 0 Å². The normalized spacial score (nSPS) is 38.1. The Morgan fingerprint density at radius 3 is 1.89 bits per heavy atom. The van der Waals surface area contributed by atoms with Crippen molar-refractivity contribution >= 4 is 29.9 Å². The van der Waals surface area contributed by atoms with Crippen LogP contribution in [-0.2, 0) is 57.1 Å². The van der Waals surface area contributed by atoms with Gasteiger partial charge < -0.3 is 83.9 Å². The maximum absolute atomic E-state index is 14.5. The third-order valence-electron chi connectivity index (χ3n) is 14.2. The summed E-state index contributed by atoms with van der Waals surface area (Å²) in [7, 11) is 6.78. The lowest BCUT2D eigenvalue weighted by molar-refractivity contribution is -0.318. The van der Waals surface area contributed by atoms with Gasteiger partial charge >= 0.3 is 12.1 Å². The van der Waals surface area contributed by atoms with Gasteiger partial charge in [-0.3, -0.25) is 19.2 Å². The van der Waals surface area contributed by atoms with Gasteiger partial charge in [0.25, 0.3) is 11.9 Å². The lowest BCUT2D eigenvalue weighted by Crippen LogP contribution is -2.61. The predicted octanol–water partition coefficient (Wildman–Crippen LogP) is 3.39. The third kappa shape index (κ3) is 19.4. The number of hydrogen-bond donors (Lipinski definition) is 7. The van der Waals surface area contributed by atoms with E-state index in [0.717, 1.165) is 39.9 Å². The Bertz CT molecular complexity index is 1650.